The van der Waals surface area contributed by atoms with Gasteiger partial charge in [-0.25, -0.2) is 9.50 Å². The second-order valence-corrected chi connectivity index (χ2v) is 7.02. The van der Waals surface area contributed by atoms with Crippen LogP contribution in [0.25, 0.3) is 5.65 Å². The lowest BCUT2D eigenvalue weighted by Gasteiger charge is -2.35. The smallest absolute Gasteiger partial charge is 0.227 e. The van der Waals surface area contributed by atoms with E-state index in [9.17, 15) is 4.79 Å². The van der Waals surface area contributed by atoms with Gasteiger partial charge in [0, 0.05) is 24.4 Å². The number of fused-ring (bicyclic) bond motifs is 1. The highest BCUT2D eigenvalue weighted by molar-refractivity contribution is 5.79. The van der Waals surface area contributed by atoms with Crippen LogP contribution in [0.2, 0.25) is 0 Å². The lowest BCUT2D eigenvalue weighted by atomic mass is 9.97. The summed E-state index contributed by atoms with van der Waals surface area (Å²) in [5.74, 6) is 0.828. The van der Waals surface area contributed by atoms with Crippen LogP contribution in [0.3, 0.4) is 0 Å². The molecule has 3 aromatic heterocycles. The Balaban J connectivity index is 1.61. The highest BCUT2D eigenvalue weighted by Gasteiger charge is 2.30. The average Bonchev–Trinajstić information content (AvgIpc) is 3.16. The van der Waals surface area contributed by atoms with Gasteiger partial charge in [0.25, 0.3) is 0 Å². The zero-order chi connectivity index (χ0) is 18.3. The van der Waals surface area contributed by atoms with Crippen LogP contribution in [0.1, 0.15) is 53.7 Å². The molecule has 0 spiro atoms. The van der Waals surface area contributed by atoms with Crippen molar-refractivity contribution in [1.29, 1.82) is 0 Å². The van der Waals surface area contributed by atoms with Crippen LogP contribution in [-0.4, -0.2) is 37.1 Å². The molecule has 3 aromatic rings. The molecule has 4 rings (SSSR count). The average molecular weight is 353 g/mol. The molecule has 1 aliphatic rings. The Morgan fingerprint density at radius 1 is 1.31 bits per heavy atom. The molecule has 7 nitrogen and oxygen atoms in total. The van der Waals surface area contributed by atoms with Crippen molar-refractivity contribution in [3.05, 3.63) is 46.7 Å². The van der Waals surface area contributed by atoms with Gasteiger partial charge in [-0.3, -0.25) is 4.79 Å². The Bertz CT molecular complexity index is 939. The molecule has 7 heteroatoms. The van der Waals surface area contributed by atoms with Gasteiger partial charge in [-0.1, -0.05) is 5.16 Å². The predicted molar refractivity (Wildman–Crippen MR) is 95.7 cm³/mol. The number of nitrogens with zero attached hydrogens (tertiary/aromatic N) is 5. The summed E-state index contributed by atoms with van der Waals surface area (Å²) in [6.45, 7) is 6.45. The minimum atomic E-state index is 0.0110. The summed E-state index contributed by atoms with van der Waals surface area (Å²) in [5, 5.41) is 8.34. The molecule has 1 saturated heterocycles. The molecule has 0 saturated carbocycles. The molecule has 1 aliphatic heterocycles. The first-order valence-electron chi connectivity index (χ1n) is 9.07. The molecule has 0 unspecified atom stereocenters. The maximum absolute atomic E-state index is 13.0. The van der Waals surface area contributed by atoms with Crippen LogP contribution in [0.5, 0.6) is 0 Å². The number of likely N-dealkylation sites (tertiary alicyclic amines) is 1. The minimum absolute atomic E-state index is 0.0110. The summed E-state index contributed by atoms with van der Waals surface area (Å²) in [7, 11) is 0. The maximum atomic E-state index is 13.0. The number of aryl methyl sites for hydroxylation is 3. The van der Waals surface area contributed by atoms with Crippen molar-refractivity contribution < 1.29 is 9.32 Å². The van der Waals surface area contributed by atoms with Gasteiger partial charge in [-0.15, -0.1) is 0 Å². The molecule has 26 heavy (non-hydrogen) atoms. The van der Waals surface area contributed by atoms with E-state index in [1.54, 1.807) is 4.52 Å². The Morgan fingerprint density at radius 2 is 2.15 bits per heavy atom. The van der Waals surface area contributed by atoms with E-state index in [0.717, 1.165) is 59.9 Å². The van der Waals surface area contributed by atoms with Crippen LogP contribution in [0.15, 0.2) is 22.9 Å². The summed E-state index contributed by atoms with van der Waals surface area (Å²) < 4.78 is 6.98. The van der Waals surface area contributed by atoms with E-state index in [0.29, 0.717) is 6.42 Å². The Morgan fingerprint density at radius 3 is 2.92 bits per heavy atom. The van der Waals surface area contributed by atoms with E-state index in [-0.39, 0.29) is 11.9 Å². The van der Waals surface area contributed by atoms with Crippen LogP contribution >= 0.6 is 0 Å². The van der Waals surface area contributed by atoms with E-state index in [1.807, 2.05) is 44.0 Å². The van der Waals surface area contributed by atoms with E-state index in [2.05, 4.69) is 10.3 Å². The number of hydrogen-bond donors (Lipinski definition) is 0. The summed E-state index contributed by atoms with van der Waals surface area (Å²) in [6.07, 6.45) is 5.31. The number of piperidine rings is 1. The van der Waals surface area contributed by atoms with E-state index >= 15 is 0 Å². The van der Waals surface area contributed by atoms with Gasteiger partial charge >= 0.3 is 0 Å². The molecular formula is C19H23N5O2. The van der Waals surface area contributed by atoms with Gasteiger partial charge in [-0.05, 0) is 46.1 Å². The fraction of sp³-hybridized carbons (Fsp3) is 0.474. The zero-order valence-electron chi connectivity index (χ0n) is 15.4. The largest absolute Gasteiger partial charge is 0.361 e. The third kappa shape index (κ3) is 2.98. The molecule has 136 valence electrons. The molecule has 0 N–H and O–H groups in total. The Kier molecular flexibility index (Phi) is 4.22. The first kappa shape index (κ1) is 16.8. The fourth-order valence-electron chi connectivity index (χ4n) is 3.74. The highest BCUT2D eigenvalue weighted by atomic mass is 16.5. The lowest BCUT2D eigenvalue weighted by molar-refractivity contribution is -0.134. The summed E-state index contributed by atoms with van der Waals surface area (Å²) in [4.78, 5) is 19.8. The van der Waals surface area contributed by atoms with Crippen molar-refractivity contribution in [2.75, 3.05) is 6.54 Å². The third-order valence-corrected chi connectivity index (χ3v) is 5.14. The van der Waals surface area contributed by atoms with Gasteiger partial charge < -0.3 is 9.42 Å². The van der Waals surface area contributed by atoms with Crippen molar-refractivity contribution >= 4 is 11.6 Å². The summed E-state index contributed by atoms with van der Waals surface area (Å²) in [6, 6.07) is 3.95. The van der Waals surface area contributed by atoms with Crippen molar-refractivity contribution in [1.82, 2.24) is 24.7 Å². The van der Waals surface area contributed by atoms with Crippen molar-refractivity contribution in [3.8, 4) is 0 Å². The van der Waals surface area contributed by atoms with Gasteiger partial charge in [-0.2, -0.15) is 5.10 Å². The maximum Gasteiger partial charge on any atom is 0.227 e. The van der Waals surface area contributed by atoms with Crippen LogP contribution < -0.4 is 0 Å². The number of amides is 1. The van der Waals surface area contributed by atoms with Crippen molar-refractivity contribution in [2.24, 2.45) is 0 Å². The SMILES string of the molecule is Cc1cc2nc([C@H]3CCCCN3C(=O)Cc3c(C)noc3C)ccn2n1. The topological polar surface area (TPSA) is 76.5 Å². The third-order valence-electron chi connectivity index (χ3n) is 5.14. The quantitative estimate of drug-likeness (QED) is 0.723. The second-order valence-electron chi connectivity index (χ2n) is 7.02. The van der Waals surface area contributed by atoms with Gasteiger partial charge in [0.1, 0.15) is 5.76 Å². The van der Waals surface area contributed by atoms with Crippen LogP contribution in [0.4, 0.5) is 0 Å². The number of carbonyl (C=O) groups excluding carboxylic acids is 1. The predicted octanol–water partition coefficient (Wildman–Crippen LogP) is 2.94. The first-order valence-corrected chi connectivity index (χ1v) is 9.07. The fourth-order valence-corrected chi connectivity index (χ4v) is 3.74. The summed E-state index contributed by atoms with van der Waals surface area (Å²) >= 11 is 0. The van der Waals surface area contributed by atoms with Gasteiger partial charge in [0.15, 0.2) is 5.65 Å². The molecular weight excluding hydrogens is 330 g/mol. The summed E-state index contributed by atoms with van der Waals surface area (Å²) in [5.41, 5.74) is 4.38. The first-order chi connectivity index (χ1) is 12.5. The van der Waals surface area contributed by atoms with E-state index in [1.165, 1.54) is 0 Å². The number of aromatic nitrogens is 4. The standard InChI is InChI=1S/C19H23N5O2/c1-12-10-18-20-16(7-9-24(18)21-12)17-6-4-5-8-23(17)19(25)11-15-13(2)22-26-14(15)3/h7,9-10,17H,4-6,8,11H2,1-3H3/t17-/m1/s1. The molecule has 4 heterocycles. The van der Waals surface area contributed by atoms with Crippen LogP contribution in [0, 0.1) is 20.8 Å². The highest BCUT2D eigenvalue weighted by Crippen LogP contribution is 2.31. The van der Waals surface area contributed by atoms with Crippen LogP contribution in [-0.2, 0) is 11.2 Å². The molecule has 0 aliphatic carbocycles. The number of carbonyl (C=O) groups is 1. The van der Waals surface area contributed by atoms with Crippen molar-refractivity contribution in [3.63, 3.8) is 0 Å². The zero-order valence-corrected chi connectivity index (χ0v) is 15.4. The number of rotatable bonds is 3. The second kappa shape index (κ2) is 6.55. The monoisotopic (exact) mass is 353 g/mol. The Labute approximate surface area is 152 Å². The molecule has 1 atom stereocenters. The lowest BCUT2D eigenvalue weighted by Crippen LogP contribution is -2.39. The molecule has 0 radical (unpaired) electrons. The van der Waals surface area contributed by atoms with Crippen molar-refractivity contribution in [2.45, 2.75) is 52.5 Å². The molecule has 1 amide bonds. The molecule has 1 fully saturated rings. The number of hydrogen-bond acceptors (Lipinski definition) is 5. The minimum Gasteiger partial charge on any atom is -0.361 e. The molecule has 0 bridgehead atoms. The van der Waals surface area contributed by atoms with Gasteiger partial charge in [0.05, 0.1) is 29.5 Å². The molecule has 0 aromatic carbocycles. The van der Waals surface area contributed by atoms with Gasteiger partial charge in [0.2, 0.25) is 5.91 Å². The normalized spacial score (nSPS) is 17.8. The van der Waals surface area contributed by atoms with E-state index < -0.39 is 0 Å². The van der Waals surface area contributed by atoms with E-state index in [4.69, 9.17) is 9.51 Å². The Hall–Kier alpha value is -2.70.